The van der Waals surface area contributed by atoms with Gasteiger partial charge < -0.3 is 4.74 Å². The van der Waals surface area contributed by atoms with Crippen molar-refractivity contribution in [2.75, 3.05) is 26.3 Å². The third kappa shape index (κ3) is 4.11. The highest BCUT2D eigenvalue weighted by atomic mass is 35.5. The fraction of sp³-hybridized carbons (Fsp3) is 0.556. The van der Waals surface area contributed by atoms with E-state index in [9.17, 15) is 0 Å². The molecule has 0 spiro atoms. The summed E-state index contributed by atoms with van der Waals surface area (Å²) in [5.41, 5.74) is 12.2. The standard InChI is InChI=1S/C18H25ClN4O/c1-4-14(2)16(18(3,19)23-10-12-24-13-11-23)17(21-22-20)15-8-6-5-7-9-15/h5-9,17H,4,10-13H2,1-3H3. The number of halogens is 1. The highest BCUT2D eigenvalue weighted by molar-refractivity contribution is 6.25. The number of rotatable bonds is 6. The minimum atomic E-state index is -0.724. The summed E-state index contributed by atoms with van der Waals surface area (Å²) in [4.78, 5) is 4.58. The summed E-state index contributed by atoms with van der Waals surface area (Å²) in [5.74, 6) is 0. The number of benzene rings is 1. The molecule has 130 valence electrons. The molecule has 0 N–H and O–H groups in total. The molecule has 1 aliphatic rings. The van der Waals surface area contributed by atoms with E-state index in [-0.39, 0.29) is 0 Å². The topological polar surface area (TPSA) is 61.2 Å². The Morgan fingerprint density at radius 1 is 1.38 bits per heavy atom. The average molecular weight is 349 g/mol. The van der Waals surface area contributed by atoms with Gasteiger partial charge in [0.2, 0.25) is 0 Å². The molecule has 0 amide bonds. The second kappa shape index (κ2) is 8.54. The van der Waals surface area contributed by atoms with Gasteiger partial charge in [0, 0.05) is 18.0 Å². The van der Waals surface area contributed by atoms with Crippen LogP contribution in [0.3, 0.4) is 0 Å². The van der Waals surface area contributed by atoms with E-state index >= 15 is 0 Å². The zero-order chi connectivity index (χ0) is 17.6. The number of hydrogen-bond donors (Lipinski definition) is 0. The van der Waals surface area contributed by atoms with Gasteiger partial charge in [0.15, 0.2) is 0 Å². The normalized spacial score (nSPS) is 20.5. The van der Waals surface area contributed by atoms with Crippen LogP contribution in [0.4, 0.5) is 0 Å². The fourth-order valence-corrected chi connectivity index (χ4v) is 3.63. The van der Waals surface area contributed by atoms with Crippen LogP contribution >= 0.6 is 11.6 Å². The van der Waals surface area contributed by atoms with E-state index < -0.39 is 11.0 Å². The minimum Gasteiger partial charge on any atom is -0.379 e. The Bertz CT molecular complexity index is 617. The summed E-state index contributed by atoms with van der Waals surface area (Å²) >= 11 is 7.06. The number of alkyl halides is 1. The van der Waals surface area contributed by atoms with Crippen LogP contribution in [-0.2, 0) is 4.74 Å². The number of morpholine rings is 1. The molecular formula is C18H25ClN4O. The third-order valence-electron chi connectivity index (χ3n) is 4.64. The SMILES string of the molecule is CCC(C)=C(C(N=[N+]=[N-])c1ccccc1)C(C)(Cl)N1CCOCC1. The van der Waals surface area contributed by atoms with Crippen molar-refractivity contribution in [1.82, 2.24) is 4.90 Å². The lowest BCUT2D eigenvalue weighted by Gasteiger charge is -2.43. The fourth-order valence-electron chi connectivity index (χ4n) is 3.19. The summed E-state index contributed by atoms with van der Waals surface area (Å²) in [6.07, 6.45) is 0.853. The van der Waals surface area contributed by atoms with Crippen molar-refractivity contribution >= 4 is 11.6 Å². The van der Waals surface area contributed by atoms with Crippen molar-refractivity contribution in [1.29, 1.82) is 0 Å². The zero-order valence-electron chi connectivity index (χ0n) is 14.6. The predicted molar refractivity (Wildman–Crippen MR) is 98.0 cm³/mol. The highest BCUT2D eigenvalue weighted by Gasteiger charge is 2.39. The maximum Gasteiger partial charge on any atom is 0.116 e. The Labute approximate surface area is 148 Å². The number of ether oxygens (including phenoxy) is 1. The molecule has 2 unspecified atom stereocenters. The van der Waals surface area contributed by atoms with E-state index in [0.717, 1.165) is 36.2 Å². The van der Waals surface area contributed by atoms with E-state index in [1.54, 1.807) is 0 Å². The van der Waals surface area contributed by atoms with E-state index in [1.165, 1.54) is 0 Å². The van der Waals surface area contributed by atoms with Crippen molar-refractivity contribution in [2.45, 2.75) is 38.2 Å². The minimum absolute atomic E-state index is 0.415. The maximum absolute atomic E-state index is 9.14. The number of hydrogen-bond acceptors (Lipinski definition) is 3. The second-order valence-electron chi connectivity index (χ2n) is 6.12. The first-order valence-electron chi connectivity index (χ1n) is 8.33. The second-order valence-corrected chi connectivity index (χ2v) is 6.85. The van der Waals surface area contributed by atoms with Gasteiger partial charge in [-0.25, -0.2) is 0 Å². The van der Waals surface area contributed by atoms with Gasteiger partial charge in [-0.1, -0.05) is 59.5 Å². The molecule has 1 fully saturated rings. The molecule has 6 heteroatoms. The van der Waals surface area contributed by atoms with Crippen LogP contribution in [0.15, 0.2) is 46.6 Å². The summed E-state index contributed by atoms with van der Waals surface area (Å²) < 4.78 is 5.46. The van der Waals surface area contributed by atoms with Gasteiger partial charge in [0.1, 0.15) is 5.00 Å². The smallest absolute Gasteiger partial charge is 0.116 e. The van der Waals surface area contributed by atoms with Crippen LogP contribution in [0.2, 0.25) is 0 Å². The zero-order valence-corrected chi connectivity index (χ0v) is 15.3. The van der Waals surface area contributed by atoms with Gasteiger partial charge in [-0.2, -0.15) is 0 Å². The molecule has 1 heterocycles. The molecule has 1 saturated heterocycles. The summed E-state index contributed by atoms with van der Waals surface area (Å²) in [6, 6.07) is 9.40. The Morgan fingerprint density at radius 3 is 2.54 bits per heavy atom. The molecule has 5 nitrogen and oxygen atoms in total. The number of azide groups is 1. The van der Waals surface area contributed by atoms with Crippen LogP contribution in [0.25, 0.3) is 10.4 Å². The summed E-state index contributed by atoms with van der Waals surface area (Å²) in [6.45, 7) is 9.02. The lowest BCUT2D eigenvalue weighted by molar-refractivity contribution is 0.0163. The molecule has 0 radical (unpaired) electrons. The Kier molecular flexibility index (Phi) is 6.69. The van der Waals surface area contributed by atoms with E-state index in [4.69, 9.17) is 21.9 Å². The van der Waals surface area contributed by atoms with E-state index in [0.29, 0.717) is 13.2 Å². The molecule has 0 aliphatic carbocycles. The van der Waals surface area contributed by atoms with Gasteiger partial charge in [0.25, 0.3) is 0 Å². The first kappa shape index (κ1) is 18.8. The molecule has 1 aliphatic heterocycles. The average Bonchev–Trinajstić information content (AvgIpc) is 2.62. The predicted octanol–water partition coefficient (Wildman–Crippen LogP) is 5.05. The van der Waals surface area contributed by atoms with Crippen molar-refractivity contribution in [3.05, 3.63) is 57.5 Å². The molecule has 2 atom stereocenters. The van der Waals surface area contributed by atoms with Gasteiger partial charge in [-0.05, 0) is 36.9 Å². The van der Waals surface area contributed by atoms with Crippen LogP contribution in [0.1, 0.15) is 38.8 Å². The molecule has 0 saturated carbocycles. The van der Waals surface area contributed by atoms with Crippen molar-refractivity contribution in [3.8, 4) is 0 Å². The van der Waals surface area contributed by atoms with Crippen molar-refractivity contribution in [3.63, 3.8) is 0 Å². The monoisotopic (exact) mass is 348 g/mol. The number of nitrogens with zero attached hydrogens (tertiary/aromatic N) is 4. The maximum atomic E-state index is 9.14. The molecule has 0 bridgehead atoms. The highest BCUT2D eigenvalue weighted by Crippen LogP contribution is 2.42. The van der Waals surface area contributed by atoms with E-state index in [1.807, 2.05) is 37.3 Å². The molecule has 1 aromatic carbocycles. The van der Waals surface area contributed by atoms with Crippen molar-refractivity contribution in [2.24, 2.45) is 5.11 Å². The summed E-state index contributed by atoms with van der Waals surface area (Å²) in [5, 5.41) is 4.11. The summed E-state index contributed by atoms with van der Waals surface area (Å²) in [7, 11) is 0. The van der Waals surface area contributed by atoms with Crippen LogP contribution in [0, 0.1) is 0 Å². The van der Waals surface area contributed by atoms with Gasteiger partial charge in [-0.3, -0.25) is 4.90 Å². The van der Waals surface area contributed by atoms with Crippen LogP contribution in [-0.4, -0.2) is 36.2 Å². The lowest BCUT2D eigenvalue weighted by atomic mass is 9.88. The van der Waals surface area contributed by atoms with E-state index in [2.05, 4.69) is 28.8 Å². The van der Waals surface area contributed by atoms with Crippen LogP contribution < -0.4 is 0 Å². The molecule has 24 heavy (non-hydrogen) atoms. The third-order valence-corrected chi connectivity index (χ3v) is 5.09. The number of allylic oxidation sites excluding steroid dienone is 1. The van der Waals surface area contributed by atoms with Crippen molar-refractivity contribution < 1.29 is 4.74 Å². The first-order chi connectivity index (χ1) is 11.5. The Hall–Kier alpha value is -1.52. The first-order valence-corrected chi connectivity index (χ1v) is 8.71. The quantitative estimate of drug-likeness (QED) is 0.180. The van der Waals surface area contributed by atoms with Gasteiger partial charge in [0.05, 0.1) is 19.3 Å². The van der Waals surface area contributed by atoms with Gasteiger partial charge in [-0.15, -0.1) is 0 Å². The molecule has 2 rings (SSSR count). The lowest BCUT2D eigenvalue weighted by Crippen LogP contribution is -2.50. The molecule has 0 aromatic heterocycles. The Morgan fingerprint density at radius 2 is 2.00 bits per heavy atom. The molecular weight excluding hydrogens is 324 g/mol. The molecule has 1 aromatic rings. The largest absolute Gasteiger partial charge is 0.379 e. The van der Waals surface area contributed by atoms with Gasteiger partial charge >= 0.3 is 0 Å². The Balaban J connectivity index is 2.52. The van der Waals surface area contributed by atoms with Crippen LogP contribution in [0.5, 0.6) is 0 Å².